The number of hydrogen-bond acceptors (Lipinski definition) is 3. The largest absolute Gasteiger partial charge is 0.359 e. The zero-order valence-electron chi connectivity index (χ0n) is 14.7. The predicted octanol–water partition coefficient (Wildman–Crippen LogP) is 5.69. The first-order chi connectivity index (χ1) is 9.68. The Morgan fingerprint density at radius 3 is 1.82 bits per heavy atom. The molecule has 4 rings (SSSR count). The zero-order chi connectivity index (χ0) is 15.7. The average molecular weight is 349 g/mol. The van der Waals surface area contributed by atoms with E-state index in [1.165, 1.54) is 32.1 Å². The van der Waals surface area contributed by atoms with Gasteiger partial charge in [-0.3, -0.25) is 4.67 Å². The van der Waals surface area contributed by atoms with Crippen LogP contribution in [0, 0.1) is 5.92 Å². The molecule has 0 aliphatic carbocycles. The second kappa shape index (κ2) is 8.21. The third-order valence-electron chi connectivity index (χ3n) is 3.95. The molecule has 4 aliphatic rings. The highest BCUT2D eigenvalue weighted by Crippen LogP contribution is 2.59. The summed E-state index contributed by atoms with van der Waals surface area (Å²) in [6.45, 7) is 18.3. The van der Waals surface area contributed by atoms with Crippen molar-refractivity contribution in [1.82, 2.24) is 4.67 Å². The molecule has 0 radical (unpaired) electrons. The Labute approximate surface area is 141 Å². The van der Waals surface area contributed by atoms with Gasteiger partial charge in [-0.05, 0) is 19.0 Å². The molecule has 2 unspecified atom stereocenters. The van der Waals surface area contributed by atoms with Crippen LogP contribution >= 0.6 is 16.4 Å². The van der Waals surface area contributed by atoms with Crippen molar-refractivity contribution in [3.8, 4) is 0 Å². The van der Waals surface area contributed by atoms with Gasteiger partial charge in [0.05, 0.1) is 13.2 Å². The van der Waals surface area contributed by atoms with Gasteiger partial charge in [0, 0.05) is 37.5 Å². The first-order valence-corrected chi connectivity index (χ1v) is 10.9. The van der Waals surface area contributed by atoms with E-state index in [-0.39, 0.29) is 23.9 Å². The SMILES string of the molecule is C.CC(C)(C)P1CCCCO1.CC(C)(C)P1OCC2CN1C2. The second-order valence-corrected chi connectivity index (χ2v) is 13.8. The molecule has 3 nitrogen and oxygen atoms in total. The first-order valence-electron chi connectivity index (χ1n) is 8.26. The summed E-state index contributed by atoms with van der Waals surface area (Å²) >= 11 is 0. The van der Waals surface area contributed by atoms with Gasteiger partial charge in [-0.25, -0.2) is 0 Å². The van der Waals surface area contributed by atoms with Crippen LogP contribution in [-0.4, -0.2) is 47.4 Å². The molecule has 0 N–H and O–H groups in total. The molecule has 2 bridgehead atoms. The minimum atomic E-state index is -0.275. The Morgan fingerprint density at radius 2 is 1.55 bits per heavy atom. The molecule has 0 saturated carbocycles. The fourth-order valence-electron chi connectivity index (χ4n) is 2.80. The third-order valence-corrected chi connectivity index (χ3v) is 9.05. The summed E-state index contributed by atoms with van der Waals surface area (Å²) in [6, 6.07) is 0. The van der Waals surface area contributed by atoms with E-state index in [4.69, 9.17) is 9.05 Å². The maximum absolute atomic E-state index is 5.80. The zero-order valence-corrected chi connectivity index (χ0v) is 16.5. The highest BCUT2D eigenvalue weighted by molar-refractivity contribution is 7.54. The highest BCUT2D eigenvalue weighted by atomic mass is 31.2. The molecule has 22 heavy (non-hydrogen) atoms. The van der Waals surface area contributed by atoms with Crippen molar-refractivity contribution >= 4 is 16.4 Å². The number of rotatable bonds is 0. The smallest absolute Gasteiger partial charge is 0.109 e. The van der Waals surface area contributed by atoms with E-state index in [0.717, 1.165) is 19.1 Å². The fraction of sp³-hybridized carbons (Fsp3) is 1.00. The summed E-state index contributed by atoms with van der Waals surface area (Å²) in [4.78, 5) is 0. The fourth-order valence-corrected chi connectivity index (χ4v) is 7.35. The highest BCUT2D eigenvalue weighted by Gasteiger charge is 2.44. The van der Waals surface area contributed by atoms with Crippen molar-refractivity contribution in [2.45, 2.75) is 72.1 Å². The molecular formula is C17H37NO2P2. The van der Waals surface area contributed by atoms with Gasteiger partial charge in [0.25, 0.3) is 0 Å². The van der Waals surface area contributed by atoms with Crippen molar-refractivity contribution in [3.63, 3.8) is 0 Å². The minimum absolute atomic E-state index is 0. The Bertz CT molecular complexity index is 324. The van der Waals surface area contributed by atoms with Crippen LogP contribution in [0.3, 0.4) is 0 Å². The molecule has 4 saturated heterocycles. The van der Waals surface area contributed by atoms with Gasteiger partial charge in [0.1, 0.15) is 8.30 Å². The first kappa shape index (κ1) is 20.8. The predicted molar refractivity (Wildman–Crippen MR) is 101 cm³/mol. The van der Waals surface area contributed by atoms with E-state index in [9.17, 15) is 0 Å². The quantitative estimate of drug-likeness (QED) is 0.525. The monoisotopic (exact) mass is 349 g/mol. The van der Waals surface area contributed by atoms with Crippen LogP contribution in [0.1, 0.15) is 61.8 Å². The van der Waals surface area contributed by atoms with Crippen molar-refractivity contribution in [2.24, 2.45) is 5.92 Å². The Hall–Kier alpha value is 0.740. The van der Waals surface area contributed by atoms with Crippen LogP contribution in [-0.2, 0) is 9.05 Å². The summed E-state index contributed by atoms with van der Waals surface area (Å²) in [5, 5.41) is 0.760. The number of hydrogen-bond donors (Lipinski definition) is 0. The molecule has 5 heteroatoms. The van der Waals surface area contributed by atoms with Crippen LogP contribution in [0.15, 0.2) is 0 Å². The van der Waals surface area contributed by atoms with Gasteiger partial charge in [0.15, 0.2) is 0 Å². The van der Waals surface area contributed by atoms with Gasteiger partial charge in [-0.1, -0.05) is 49.0 Å². The van der Waals surface area contributed by atoms with Crippen LogP contribution in [0.5, 0.6) is 0 Å². The van der Waals surface area contributed by atoms with Gasteiger partial charge in [-0.15, -0.1) is 0 Å². The van der Waals surface area contributed by atoms with Gasteiger partial charge < -0.3 is 9.05 Å². The summed E-state index contributed by atoms with van der Waals surface area (Å²) in [5.74, 6) is 0.857. The molecule has 0 aromatic rings. The second-order valence-electron chi connectivity index (χ2n) is 8.29. The molecule has 4 fully saturated rings. The van der Waals surface area contributed by atoms with Crippen LogP contribution < -0.4 is 0 Å². The lowest BCUT2D eigenvalue weighted by Gasteiger charge is -2.52. The van der Waals surface area contributed by atoms with E-state index >= 15 is 0 Å². The van der Waals surface area contributed by atoms with Crippen LogP contribution in [0.2, 0.25) is 0 Å². The lowest BCUT2D eigenvalue weighted by Crippen LogP contribution is -2.52. The molecule has 2 atom stereocenters. The Balaban J connectivity index is 0.000000212. The third kappa shape index (κ3) is 5.67. The number of fused-ring (bicyclic) bond motifs is 2. The van der Waals surface area contributed by atoms with E-state index in [0.29, 0.717) is 10.3 Å². The van der Waals surface area contributed by atoms with Crippen molar-refractivity contribution in [3.05, 3.63) is 0 Å². The van der Waals surface area contributed by atoms with Crippen molar-refractivity contribution in [1.29, 1.82) is 0 Å². The lowest BCUT2D eigenvalue weighted by molar-refractivity contribution is 0.0733. The van der Waals surface area contributed by atoms with Gasteiger partial charge in [0.2, 0.25) is 0 Å². The van der Waals surface area contributed by atoms with Crippen LogP contribution in [0.25, 0.3) is 0 Å². The Kier molecular flexibility index (Phi) is 7.76. The summed E-state index contributed by atoms with van der Waals surface area (Å²) in [7, 11) is -0.387. The molecule has 4 aliphatic heterocycles. The Morgan fingerprint density at radius 1 is 0.909 bits per heavy atom. The molecule has 0 amide bonds. The standard InChI is InChI=1S/C8H16NOP.C8H17OP.CH4/c1-8(2,3)11-9-4-7(5-9)6-10-11;1-8(2,3)10-7-5-4-6-9-10;/h7H,4-6H2,1-3H3;4-7H2,1-3H3;1H4. The minimum Gasteiger partial charge on any atom is -0.359 e. The molecular weight excluding hydrogens is 312 g/mol. The van der Waals surface area contributed by atoms with E-state index in [1.807, 2.05) is 0 Å². The van der Waals surface area contributed by atoms with Crippen molar-refractivity contribution < 1.29 is 9.05 Å². The van der Waals surface area contributed by atoms with E-state index in [2.05, 4.69) is 46.2 Å². The maximum atomic E-state index is 5.80. The summed E-state index contributed by atoms with van der Waals surface area (Å²) in [5.41, 5.74) is 0. The van der Waals surface area contributed by atoms with E-state index < -0.39 is 0 Å². The van der Waals surface area contributed by atoms with Gasteiger partial charge in [-0.2, -0.15) is 0 Å². The lowest BCUT2D eigenvalue weighted by atomic mass is 10.1. The molecule has 132 valence electrons. The van der Waals surface area contributed by atoms with E-state index in [1.54, 1.807) is 0 Å². The molecule has 0 spiro atoms. The van der Waals surface area contributed by atoms with Crippen LogP contribution in [0.4, 0.5) is 0 Å². The molecule has 0 aromatic carbocycles. The number of nitrogens with zero attached hydrogens (tertiary/aromatic N) is 1. The molecule has 0 aromatic heterocycles. The summed E-state index contributed by atoms with van der Waals surface area (Å²) in [6.07, 6.45) is 3.97. The van der Waals surface area contributed by atoms with Gasteiger partial charge >= 0.3 is 0 Å². The maximum Gasteiger partial charge on any atom is 0.109 e. The van der Waals surface area contributed by atoms with Crippen molar-refractivity contribution in [2.75, 3.05) is 32.5 Å². The molecule has 4 heterocycles. The normalized spacial score (nSPS) is 34.6. The summed E-state index contributed by atoms with van der Waals surface area (Å²) < 4.78 is 14.0. The average Bonchev–Trinajstić information content (AvgIpc) is 2.38. The topological polar surface area (TPSA) is 21.7 Å².